The Hall–Kier alpha value is -5.66. The third-order valence-electron chi connectivity index (χ3n) is 8.55. The van der Waals surface area contributed by atoms with Gasteiger partial charge in [-0.05, 0) is 78.9 Å². The molecule has 0 bridgehead atoms. The van der Waals surface area contributed by atoms with Gasteiger partial charge in [-0.1, -0.05) is 145 Å². The molecule has 206 valence electrons. The van der Waals surface area contributed by atoms with Crippen LogP contribution in [0.4, 0.5) is 0 Å². The molecule has 0 radical (unpaired) electrons. The number of hydrogen-bond acceptors (Lipinski definition) is 1. The Morgan fingerprint density at radius 1 is 0.523 bits per heavy atom. The first-order valence-electron chi connectivity index (χ1n) is 18.6. The van der Waals surface area contributed by atoms with Gasteiger partial charge in [-0.25, -0.2) is 0 Å². The highest BCUT2D eigenvalue weighted by molar-refractivity contribution is 6.24. The van der Waals surface area contributed by atoms with Crippen molar-refractivity contribution in [3.05, 3.63) is 169 Å². The molecule has 0 saturated carbocycles. The van der Waals surface area contributed by atoms with Crippen LogP contribution in [0.1, 0.15) is 22.1 Å². The lowest BCUT2D eigenvalue weighted by molar-refractivity contribution is 0.673. The fourth-order valence-corrected chi connectivity index (χ4v) is 6.61. The van der Waals surface area contributed by atoms with E-state index in [9.17, 15) is 5.48 Å². The minimum Gasteiger partial charge on any atom is -0.455 e. The Balaban J connectivity index is 1.47. The first kappa shape index (κ1) is 18.1. The van der Waals surface area contributed by atoms with Crippen LogP contribution in [-0.4, -0.2) is 0 Å². The summed E-state index contributed by atoms with van der Waals surface area (Å²) in [6.45, 7) is 0. The summed E-state index contributed by atoms with van der Waals surface area (Å²) in [6, 6.07) is 32.3. The average Bonchev–Trinajstić information content (AvgIpc) is 3.57. The third kappa shape index (κ3) is 3.87. The van der Waals surface area contributed by atoms with Crippen molar-refractivity contribution in [2.45, 2.75) is 6.42 Å². The van der Waals surface area contributed by atoms with Gasteiger partial charge in [-0.3, -0.25) is 0 Å². The molecule has 1 heterocycles. The SMILES string of the molecule is [2H]c1c([2H])c([2H])c2c(-c3cccc4oc5c6ccccc6ccc5c34)c3c([2H])c([2H])c([2H])c([2H])c3c(Cc3cccc(-c4ccccc4)c3)c2c1[2H]. The summed E-state index contributed by atoms with van der Waals surface area (Å²) in [4.78, 5) is 0. The van der Waals surface area contributed by atoms with E-state index in [0.717, 1.165) is 32.8 Å². The molecule has 44 heavy (non-hydrogen) atoms. The maximum Gasteiger partial charge on any atom is 0.143 e. The second-order valence-electron chi connectivity index (χ2n) is 11.0. The largest absolute Gasteiger partial charge is 0.455 e. The zero-order valence-corrected chi connectivity index (χ0v) is 23.5. The fourth-order valence-electron chi connectivity index (χ4n) is 6.61. The molecule has 1 heteroatoms. The summed E-state index contributed by atoms with van der Waals surface area (Å²) >= 11 is 0. The molecule has 0 amide bonds. The maximum atomic E-state index is 9.37. The molecule has 9 aromatic rings. The highest BCUT2D eigenvalue weighted by Crippen LogP contribution is 2.45. The quantitative estimate of drug-likeness (QED) is 0.192. The van der Waals surface area contributed by atoms with Gasteiger partial charge in [0.1, 0.15) is 11.2 Å². The van der Waals surface area contributed by atoms with E-state index < -0.39 is 24.2 Å². The summed E-state index contributed by atoms with van der Waals surface area (Å²) in [5.74, 6) is 0. The monoisotopic (exact) mass is 568 g/mol. The second-order valence-corrected chi connectivity index (χ2v) is 11.0. The second kappa shape index (κ2) is 9.97. The van der Waals surface area contributed by atoms with Gasteiger partial charge in [-0.2, -0.15) is 0 Å². The molecule has 0 aliphatic heterocycles. The predicted molar refractivity (Wildman–Crippen MR) is 186 cm³/mol. The molecule has 9 rings (SSSR count). The number of hydrogen-bond donors (Lipinski definition) is 0. The molecule has 0 aliphatic carbocycles. The Labute approximate surface area is 266 Å². The average molecular weight is 569 g/mol. The lowest BCUT2D eigenvalue weighted by atomic mass is 9.85. The van der Waals surface area contributed by atoms with Crippen molar-refractivity contribution in [2.24, 2.45) is 0 Å². The highest BCUT2D eigenvalue weighted by atomic mass is 16.3. The number of fused-ring (bicyclic) bond motifs is 7. The number of rotatable bonds is 4. The lowest BCUT2D eigenvalue weighted by Crippen LogP contribution is -1.96. The molecule has 0 spiro atoms. The van der Waals surface area contributed by atoms with Crippen LogP contribution in [0.3, 0.4) is 0 Å². The van der Waals surface area contributed by atoms with E-state index in [1.54, 1.807) is 6.07 Å². The van der Waals surface area contributed by atoms with Gasteiger partial charge in [0.2, 0.25) is 0 Å². The molecule has 8 aromatic carbocycles. The van der Waals surface area contributed by atoms with Crippen molar-refractivity contribution >= 4 is 54.3 Å². The smallest absolute Gasteiger partial charge is 0.143 e. The fraction of sp³-hybridized carbons (Fsp3) is 0.0233. The van der Waals surface area contributed by atoms with Crippen LogP contribution in [0.5, 0.6) is 0 Å². The Morgan fingerprint density at radius 3 is 2.00 bits per heavy atom. The van der Waals surface area contributed by atoms with Crippen LogP contribution in [0, 0.1) is 0 Å². The maximum absolute atomic E-state index is 9.37. The van der Waals surface area contributed by atoms with Crippen LogP contribution in [0.15, 0.2) is 162 Å². The van der Waals surface area contributed by atoms with Gasteiger partial charge in [-0.15, -0.1) is 0 Å². The van der Waals surface area contributed by atoms with E-state index >= 15 is 0 Å². The zero-order chi connectivity index (χ0) is 36.0. The summed E-state index contributed by atoms with van der Waals surface area (Å²) in [7, 11) is 0. The van der Waals surface area contributed by atoms with Crippen LogP contribution in [-0.2, 0) is 6.42 Å². The topological polar surface area (TPSA) is 13.1 Å². The van der Waals surface area contributed by atoms with Gasteiger partial charge >= 0.3 is 0 Å². The highest BCUT2D eigenvalue weighted by Gasteiger charge is 2.20. The molecular formula is C43H28O. The van der Waals surface area contributed by atoms with Crippen molar-refractivity contribution in [3.8, 4) is 22.3 Å². The summed E-state index contributed by atoms with van der Waals surface area (Å²) in [5.41, 5.74) is 5.27. The molecule has 0 saturated heterocycles. The van der Waals surface area contributed by atoms with Gasteiger partial charge in [0, 0.05) is 16.2 Å². The van der Waals surface area contributed by atoms with Crippen LogP contribution in [0.25, 0.3) is 76.5 Å². The van der Waals surface area contributed by atoms with E-state index in [2.05, 4.69) is 0 Å². The molecule has 0 aliphatic rings. The van der Waals surface area contributed by atoms with E-state index in [1.165, 1.54) is 0 Å². The molecule has 1 aromatic heterocycles. The first-order valence-corrected chi connectivity index (χ1v) is 14.6. The van der Waals surface area contributed by atoms with Crippen molar-refractivity contribution < 1.29 is 15.4 Å². The van der Waals surface area contributed by atoms with Crippen LogP contribution >= 0.6 is 0 Å². The third-order valence-corrected chi connectivity index (χ3v) is 8.55. The van der Waals surface area contributed by atoms with E-state index in [0.29, 0.717) is 33.2 Å². The minimum atomic E-state index is -0.425. The summed E-state index contributed by atoms with van der Waals surface area (Å²) in [6.07, 6.45) is 0.156. The van der Waals surface area contributed by atoms with Crippen molar-refractivity contribution in [1.82, 2.24) is 0 Å². The predicted octanol–water partition coefficient (Wildman–Crippen LogP) is 12.0. The summed E-state index contributed by atoms with van der Waals surface area (Å²) < 4.78 is 79.0. The van der Waals surface area contributed by atoms with Crippen molar-refractivity contribution in [2.75, 3.05) is 0 Å². The lowest BCUT2D eigenvalue weighted by Gasteiger charge is -2.18. The summed E-state index contributed by atoms with van der Waals surface area (Å²) in [5, 5.41) is 4.21. The van der Waals surface area contributed by atoms with Gasteiger partial charge in [0.25, 0.3) is 0 Å². The van der Waals surface area contributed by atoms with Crippen molar-refractivity contribution in [1.29, 1.82) is 0 Å². The molecule has 0 fully saturated rings. The standard InChI is InChI=1S/C43H28O/c1-2-13-29(14-3-1)31-16-10-12-28(26-31)27-39-33-18-6-8-20-35(33)41(36-21-9-7-19-34(36)39)37-22-11-23-40-42(37)38-25-24-30-15-4-5-17-32(30)43(38)44-40/h1-26H,27H2/i6D,7D,8D,9D,18D,19D,20D,21D. The van der Waals surface area contributed by atoms with Gasteiger partial charge < -0.3 is 4.42 Å². The Morgan fingerprint density at radius 2 is 1.20 bits per heavy atom. The molecule has 1 nitrogen and oxygen atoms in total. The zero-order valence-electron chi connectivity index (χ0n) is 31.5. The molecular weight excluding hydrogens is 532 g/mol. The van der Waals surface area contributed by atoms with Crippen LogP contribution < -0.4 is 0 Å². The Bertz CT molecular complexity index is 2890. The van der Waals surface area contributed by atoms with Gasteiger partial charge in [0.15, 0.2) is 0 Å². The molecule has 0 atom stereocenters. The normalized spacial score (nSPS) is 14.3. The number of benzene rings is 8. The van der Waals surface area contributed by atoms with Crippen molar-refractivity contribution in [3.63, 3.8) is 0 Å². The molecule has 0 N–H and O–H groups in total. The number of furan rings is 1. The Kier molecular flexibility index (Phi) is 4.10. The minimum absolute atomic E-state index is 0.156. The van der Waals surface area contributed by atoms with Gasteiger partial charge in [0.05, 0.1) is 11.0 Å². The van der Waals surface area contributed by atoms with Crippen LogP contribution in [0.2, 0.25) is 0 Å². The van der Waals surface area contributed by atoms with E-state index in [1.807, 2.05) is 103 Å². The molecule has 0 unspecified atom stereocenters. The first-order chi connectivity index (χ1) is 25.2. The van der Waals surface area contributed by atoms with E-state index in [4.69, 9.17) is 9.90 Å². The van der Waals surface area contributed by atoms with E-state index in [-0.39, 0.29) is 52.1 Å².